The minimum absolute atomic E-state index is 0.228. The highest BCUT2D eigenvalue weighted by atomic mass is 19.1. The maximum Gasteiger partial charge on any atom is 0.491 e. The largest absolute Gasteiger partial charge is 0.497 e. The van der Waals surface area contributed by atoms with E-state index in [1.54, 1.807) is 6.07 Å². The molecule has 3 N–H and O–H groups in total. The van der Waals surface area contributed by atoms with Crippen LogP contribution in [0.5, 0.6) is 5.75 Å². The number of halogens is 2. The van der Waals surface area contributed by atoms with Crippen LogP contribution in [0.15, 0.2) is 30.3 Å². The Balaban J connectivity index is 1.86. The van der Waals surface area contributed by atoms with E-state index in [1.807, 2.05) is 19.0 Å². The Labute approximate surface area is 174 Å². The standard InChI is InChI=1S/C20H24BF2N3O4/c1-25(2)11-18(13-6-14(22)9-15(7-13)30-3)24-20(27)26-5-4-12-8-16(21(28)29)17(23)10-19(12)26/h6-10,18,28-29H,4-5,11H2,1-3H3,(H,24,27). The van der Waals surface area contributed by atoms with E-state index < -0.39 is 30.8 Å². The second-order valence-corrected chi connectivity index (χ2v) is 7.47. The quantitative estimate of drug-likeness (QED) is 0.610. The number of fused-ring (bicyclic) bond motifs is 1. The molecule has 2 aromatic rings. The molecule has 7 nitrogen and oxygen atoms in total. The third-order valence-electron chi connectivity index (χ3n) is 4.99. The zero-order chi connectivity index (χ0) is 22.0. The number of carbonyl (C=O) groups is 1. The lowest BCUT2D eigenvalue weighted by Gasteiger charge is -2.26. The number of urea groups is 1. The van der Waals surface area contributed by atoms with Gasteiger partial charge in [-0.3, -0.25) is 4.90 Å². The van der Waals surface area contributed by atoms with Gasteiger partial charge in [-0.1, -0.05) is 6.07 Å². The second-order valence-electron chi connectivity index (χ2n) is 7.47. The van der Waals surface area contributed by atoms with Gasteiger partial charge < -0.3 is 25.0 Å². The fourth-order valence-corrected chi connectivity index (χ4v) is 3.57. The lowest BCUT2D eigenvalue weighted by molar-refractivity contribution is 0.238. The molecule has 30 heavy (non-hydrogen) atoms. The number of likely N-dealkylation sites (N-methyl/N-ethyl adjacent to an activating group) is 1. The molecule has 10 heteroatoms. The van der Waals surface area contributed by atoms with E-state index >= 15 is 0 Å². The number of benzene rings is 2. The van der Waals surface area contributed by atoms with Gasteiger partial charge >= 0.3 is 13.1 Å². The SMILES string of the molecule is COc1cc(F)cc(C(CN(C)C)NC(=O)N2CCc3cc(B(O)O)c(F)cc32)c1. The van der Waals surface area contributed by atoms with E-state index in [4.69, 9.17) is 4.74 Å². The molecule has 0 saturated heterocycles. The lowest BCUT2D eigenvalue weighted by Crippen LogP contribution is -2.43. The van der Waals surface area contributed by atoms with Crippen LogP contribution in [-0.2, 0) is 6.42 Å². The predicted molar refractivity (Wildman–Crippen MR) is 110 cm³/mol. The van der Waals surface area contributed by atoms with E-state index in [1.165, 1.54) is 30.2 Å². The number of hydrogen-bond donors (Lipinski definition) is 3. The maximum atomic E-state index is 14.2. The summed E-state index contributed by atoms with van der Waals surface area (Å²) in [5.74, 6) is -0.944. The number of amides is 2. The molecule has 2 aromatic carbocycles. The van der Waals surface area contributed by atoms with Gasteiger partial charge in [-0.25, -0.2) is 13.6 Å². The van der Waals surface area contributed by atoms with Crippen molar-refractivity contribution < 1.29 is 28.4 Å². The second kappa shape index (κ2) is 8.99. The normalized spacial score (nSPS) is 13.9. The first-order chi connectivity index (χ1) is 14.2. The van der Waals surface area contributed by atoms with Crippen molar-refractivity contribution in [2.75, 3.05) is 39.2 Å². The molecule has 3 rings (SSSR count). The van der Waals surface area contributed by atoms with Gasteiger partial charge in [-0.05, 0) is 49.8 Å². The fourth-order valence-electron chi connectivity index (χ4n) is 3.57. The highest BCUT2D eigenvalue weighted by Gasteiger charge is 2.30. The molecule has 2 amide bonds. The average molecular weight is 419 g/mol. The molecule has 0 spiro atoms. The number of nitrogens with one attached hydrogen (secondary N) is 1. The van der Waals surface area contributed by atoms with Crippen LogP contribution in [0.25, 0.3) is 0 Å². The van der Waals surface area contributed by atoms with Gasteiger partial charge in [0, 0.05) is 24.6 Å². The van der Waals surface area contributed by atoms with Crippen molar-refractivity contribution in [3.63, 3.8) is 0 Å². The van der Waals surface area contributed by atoms with Crippen LogP contribution in [-0.4, -0.2) is 62.4 Å². The number of hydrogen-bond acceptors (Lipinski definition) is 5. The predicted octanol–water partition coefficient (Wildman–Crippen LogP) is 1.03. The summed E-state index contributed by atoms with van der Waals surface area (Å²) in [7, 11) is 3.17. The maximum absolute atomic E-state index is 14.2. The van der Waals surface area contributed by atoms with Crippen LogP contribution in [0.4, 0.5) is 19.3 Å². The summed E-state index contributed by atoms with van der Waals surface area (Å²) in [4.78, 5) is 16.2. The van der Waals surface area contributed by atoms with E-state index in [0.29, 0.717) is 42.1 Å². The van der Waals surface area contributed by atoms with E-state index in [-0.39, 0.29) is 5.46 Å². The molecular formula is C20H24BF2N3O4. The summed E-state index contributed by atoms with van der Waals surface area (Å²) >= 11 is 0. The summed E-state index contributed by atoms with van der Waals surface area (Å²) in [5.41, 5.74) is 1.33. The number of rotatable bonds is 6. The van der Waals surface area contributed by atoms with Crippen LogP contribution < -0.4 is 20.4 Å². The van der Waals surface area contributed by atoms with Crippen molar-refractivity contribution in [2.24, 2.45) is 0 Å². The Kier molecular flexibility index (Phi) is 6.59. The van der Waals surface area contributed by atoms with E-state index in [0.717, 1.165) is 6.07 Å². The van der Waals surface area contributed by atoms with Crippen LogP contribution >= 0.6 is 0 Å². The molecule has 1 aliphatic rings. The molecule has 0 fully saturated rings. The van der Waals surface area contributed by atoms with E-state index in [2.05, 4.69) is 5.32 Å². The topological polar surface area (TPSA) is 85.3 Å². The Hall–Kier alpha value is -2.69. The van der Waals surface area contributed by atoms with Gasteiger partial charge in [0.05, 0.1) is 18.8 Å². The van der Waals surface area contributed by atoms with Crippen molar-refractivity contribution in [3.8, 4) is 5.75 Å². The molecule has 0 saturated carbocycles. The third-order valence-corrected chi connectivity index (χ3v) is 4.99. The number of carbonyl (C=O) groups excluding carboxylic acids is 1. The first kappa shape index (κ1) is 22.0. The number of methoxy groups -OCH3 is 1. The summed E-state index contributed by atoms with van der Waals surface area (Å²) < 4.78 is 33.3. The van der Waals surface area contributed by atoms with Gasteiger partial charge in [0.2, 0.25) is 0 Å². The van der Waals surface area contributed by atoms with Gasteiger partial charge in [0.25, 0.3) is 0 Å². The summed E-state index contributed by atoms with van der Waals surface area (Å²) in [6.07, 6.45) is 0.453. The minimum Gasteiger partial charge on any atom is -0.497 e. The first-order valence-corrected chi connectivity index (χ1v) is 9.45. The molecule has 1 heterocycles. The first-order valence-electron chi connectivity index (χ1n) is 9.45. The van der Waals surface area contributed by atoms with Crippen LogP contribution in [0, 0.1) is 11.6 Å². The van der Waals surface area contributed by atoms with Crippen molar-refractivity contribution in [2.45, 2.75) is 12.5 Å². The Morgan fingerprint density at radius 2 is 2.00 bits per heavy atom. The average Bonchev–Trinajstić information content (AvgIpc) is 3.08. The molecule has 0 radical (unpaired) electrons. The Bertz CT molecular complexity index is 943. The zero-order valence-electron chi connectivity index (χ0n) is 17.0. The monoisotopic (exact) mass is 419 g/mol. The van der Waals surface area contributed by atoms with Crippen LogP contribution in [0.3, 0.4) is 0 Å². The number of nitrogens with zero attached hydrogens (tertiary/aromatic N) is 2. The van der Waals surface area contributed by atoms with Crippen molar-refractivity contribution in [1.82, 2.24) is 10.2 Å². The summed E-state index contributed by atoms with van der Waals surface area (Å²) in [5, 5.41) is 21.4. The Morgan fingerprint density at radius 1 is 1.27 bits per heavy atom. The Morgan fingerprint density at radius 3 is 2.63 bits per heavy atom. The fraction of sp³-hybridized carbons (Fsp3) is 0.350. The number of anilines is 1. The smallest absolute Gasteiger partial charge is 0.491 e. The van der Waals surface area contributed by atoms with E-state index in [9.17, 15) is 23.6 Å². The molecule has 1 aliphatic heterocycles. The highest BCUT2D eigenvalue weighted by molar-refractivity contribution is 6.58. The van der Waals surface area contributed by atoms with Crippen molar-refractivity contribution >= 4 is 24.3 Å². The molecule has 1 unspecified atom stereocenters. The molecule has 1 atom stereocenters. The summed E-state index contributed by atoms with van der Waals surface area (Å²) in [6.45, 7) is 0.718. The third kappa shape index (κ3) is 4.72. The lowest BCUT2D eigenvalue weighted by atomic mass is 9.79. The van der Waals surface area contributed by atoms with Gasteiger partial charge in [0.1, 0.15) is 17.4 Å². The zero-order valence-corrected chi connectivity index (χ0v) is 17.0. The molecule has 0 bridgehead atoms. The minimum atomic E-state index is -1.93. The summed E-state index contributed by atoms with van der Waals surface area (Å²) in [6, 6.07) is 5.74. The highest BCUT2D eigenvalue weighted by Crippen LogP contribution is 2.29. The van der Waals surface area contributed by atoms with Crippen molar-refractivity contribution in [1.29, 1.82) is 0 Å². The number of ether oxygens (including phenoxy) is 1. The van der Waals surface area contributed by atoms with Gasteiger partial charge in [-0.15, -0.1) is 0 Å². The molecule has 160 valence electrons. The molecule has 0 aliphatic carbocycles. The van der Waals surface area contributed by atoms with Gasteiger partial charge in [-0.2, -0.15) is 0 Å². The molecule has 0 aromatic heterocycles. The van der Waals surface area contributed by atoms with Gasteiger partial charge in [0.15, 0.2) is 0 Å². The molecular weight excluding hydrogens is 395 g/mol. The van der Waals surface area contributed by atoms with Crippen molar-refractivity contribution in [3.05, 3.63) is 53.1 Å². The van der Waals surface area contributed by atoms with Crippen LogP contribution in [0.1, 0.15) is 17.2 Å². The van der Waals surface area contributed by atoms with Crippen LogP contribution in [0.2, 0.25) is 0 Å².